The van der Waals surface area contributed by atoms with Crippen LogP contribution in [0.15, 0.2) is 30.5 Å². The fraction of sp³-hybridized carbons (Fsp3) is 0.429. The first kappa shape index (κ1) is 11.4. The average Bonchev–Trinajstić information content (AvgIpc) is 2.46. The van der Waals surface area contributed by atoms with Gasteiger partial charge in [0.25, 0.3) is 0 Å². The predicted molar refractivity (Wildman–Crippen MR) is 73.6 cm³/mol. The van der Waals surface area contributed by atoms with E-state index in [1.54, 1.807) is 0 Å². The minimum Gasteiger partial charge on any atom is -0.351 e. The second-order valence-electron chi connectivity index (χ2n) is 4.80. The molecule has 1 atom stereocenters. The van der Waals surface area contributed by atoms with Crippen LogP contribution in [0.4, 0.5) is 5.82 Å². The fourth-order valence-electron chi connectivity index (χ4n) is 2.63. The maximum atomic E-state index is 5.85. The minimum absolute atomic E-state index is 0.411. The Morgan fingerprint density at radius 2 is 2.06 bits per heavy atom. The van der Waals surface area contributed by atoms with Crippen molar-refractivity contribution < 1.29 is 0 Å². The summed E-state index contributed by atoms with van der Waals surface area (Å²) in [6.07, 6.45) is 5.51. The molecule has 1 aliphatic rings. The summed E-state index contributed by atoms with van der Waals surface area (Å²) in [6, 6.07) is 8.39. The number of aromatic nitrogens is 2. The van der Waals surface area contributed by atoms with Crippen LogP contribution in [0.2, 0.25) is 0 Å². The maximum absolute atomic E-state index is 5.85. The number of hydrogen-bond acceptors (Lipinski definition) is 4. The van der Waals surface area contributed by atoms with Crippen molar-refractivity contribution in [2.45, 2.75) is 25.3 Å². The van der Waals surface area contributed by atoms with Crippen LogP contribution in [-0.2, 0) is 0 Å². The number of anilines is 1. The van der Waals surface area contributed by atoms with Crippen molar-refractivity contribution in [2.24, 2.45) is 5.73 Å². The zero-order valence-corrected chi connectivity index (χ0v) is 10.4. The second kappa shape index (κ2) is 4.90. The number of rotatable bonds is 2. The molecule has 0 amide bonds. The third-order valence-corrected chi connectivity index (χ3v) is 3.63. The van der Waals surface area contributed by atoms with Gasteiger partial charge in [-0.3, -0.25) is 4.98 Å². The molecule has 18 heavy (non-hydrogen) atoms. The summed E-state index contributed by atoms with van der Waals surface area (Å²) in [4.78, 5) is 11.5. The molecule has 0 saturated carbocycles. The van der Waals surface area contributed by atoms with E-state index >= 15 is 0 Å². The van der Waals surface area contributed by atoms with Gasteiger partial charge in [0.1, 0.15) is 5.82 Å². The first-order chi connectivity index (χ1) is 8.88. The Balaban J connectivity index is 1.97. The quantitative estimate of drug-likeness (QED) is 0.874. The molecule has 1 aromatic carbocycles. The molecule has 0 radical (unpaired) electrons. The van der Waals surface area contributed by atoms with Crippen molar-refractivity contribution in [3.05, 3.63) is 30.5 Å². The van der Waals surface area contributed by atoms with E-state index in [1.807, 2.05) is 30.5 Å². The van der Waals surface area contributed by atoms with Crippen molar-refractivity contribution in [3.8, 4) is 0 Å². The van der Waals surface area contributed by atoms with Crippen LogP contribution >= 0.6 is 0 Å². The van der Waals surface area contributed by atoms with E-state index in [2.05, 4.69) is 9.88 Å². The molecule has 1 aromatic heterocycles. The summed E-state index contributed by atoms with van der Waals surface area (Å²) < 4.78 is 0. The lowest BCUT2D eigenvalue weighted by atomic mass is 10.0. The Morgan fingerprint density at radius 3 is 2.89 bits per heavy atom. The molecular formula is C14H18N4. The van der Waals surface area contributed by atoms with Crippen molar-refractivity contribution in [1.82, 2.24) is 9.97 Å². The summed E-state index contributed by atoms with van der Waals surface area (Å²) in [6.45, 7) is 1.73. The third-order valence-electron chi connectivity index (χ3n) is 3.63. The molecule has 94 valence electrons. The molecule has 2 aromatic rings. The highest BCUT2D eigenvalue weighted by atomic mass is 15.2. The molecule has 1 saturated heterocycles. The molecule has 1 fully saturated rings. The molecule has 4 heteroatoms. The highest BCUT2D eigenvalue weighted by Gasteiger charge is 2.22. The Kier molecular flexibility index (Phi) is 3.11. The van der Waals surface area contributed by atoms with Gasteiger partial charge in [-0.25, -0.2) is 4.98 Å². The standard InChI is InChI=1S/C14H18N4/c15-9-11-5-3-4-8-18(11)14-10-16-12-6-1-2-7-13(12)17-14/h1-2,6-7,10-11H,3-5,8-9,15H2/t11-/m0/s1. The van der Waals surface area contributed by atoms with Crippen molar-refractivity contribution in [1.29, 1.82) is 0 Å². The van der Waals surface area contributed by atoms with Gasteiger partial charge in [0, 0.05) is 19.1 Å². The van der Waals surface area contributed by atoms with E-state index < -0.39 is 0 Å². The van der Waals surface area contributed by atoms with Gasteiger partial charge < -0.3 is 10.6 Å². The van der Waals surface area contributed by atoms with Gasteiger partial charge in [-0.05, 0) is 31.4 Å². The maximum Gasteiger partial charge on any atom is 0.148 e. The van der Waals surface area contributed by atoms with Crippen LogP contribution in [0.1, 0.15) is 19.3 Å². The van der Waals surface area contributed by atoms with Crippen molar-refractivity contribution >= 4 is 16.9 Å². The summed E-state index contributed by atoms with van der Waals surface area (Å²) in [7, 11) is 0. The molecule has 3 rings (SSSR count). The van der Waals surface area contributed by atoms with E-state index in [1.165, 1.54) is 12.8 Å². The van der Waals surface area contributed by atoms with Crippen LogP contribution in [0, 0.1) is 0 Å². The number of fused-ring (bicyclic) bond motifs is 1. The highest BCUT2D eigenvalue weighted by molar-refractivity contribution is 5.75. The van der Waals surface area contributed by atoms with Gasteiger partial charge in [0.15, 0.2) is 0 Å². The fourth-order valence-corrected chi connectivity index (χ4v) is 2.63. The Bertz CT molecular complexity index is 540. The summed E-state index contributed by atoms with van der Waals surface area (Å²) in [5.41, 5.74) is 7.76. The lowest BCUT2D eigenvalue weighted by Crippen LogP contribution is -2.44. The molecule has 0 spiro atoms. The van der Waals surface area contributed by atoms with Crippen molar-refractivity contribution in [3.63, 3.8) is 0 Å². The molecule has 4 nitrogen and oxygen atoms in total. The molecule has 2 N–H and O–H groups in total. The summed E-state index contributed by atoms with van der Waals surface area (Å²) >= 11 is 0. The third kappa shape index (κ3) is 2.04. The summed E-state index contributed by atoms with van der Waals surface area (Å²) in [5.74, 6) is 0.962. The number of nitrogens with zero attached hydrogens (tertiary/aromatic N) is 3. The number of benzene rings is 1. The van der Waals surface area contributed by atoms with Crippen LogP contribution in [0.3, 0.4) is 0 Å². The minimum atomic E-state index is 0.411. The SMILES string of the molecule is NC[C@@H]1CCCCN1c1cnc2ccccc2n1. The molecule has 0 bridgehead atoms. The Morgan fingerprint density at radius 1 is 1.22 bits per heavy atom. The molecular weight excluding hydrogens is 224 g/mol. The Hall–Kier alpha value is -1.68. The van der Waals surface area contributed by atoms with E-state index in [4.69, 9.17) is 10.7 Å². The lowest BCUT2D eigenvalue weighted by molar-refractivity contribution is 0.462. The number of hydrogen-bond donors (Lipinski definition) is 1. The van der Waals surface area contributed by atoms with Gasteiger partial charge in [0.05, 0.1) is 17.2 Å². The first-order valence-electron chi connectivity index (χ1n) is 6.57. The molecule has 1 aliphatic heterocycles. The topological polar surface area (TPSA) is 55.0 Å². The van der Waals surface area contributed by atoms with E-state index in [-0.39, 0.29) is 0 Å². The molecule has 0 unspecified atom stereocenters. The zero-order valence-electron chi connectivity index (χ0n) is 10.4. The van der Waals surface area contributed by atoms with Crippen LogP contribution in [0.25, 0.3) is 11.0 Å². The van der Waals surface area contributed by atoms with Crippen LogP contribution < -0.4 is 10.6 Å². The highest BCUT2D eigenvalue weighted by Crippen LogP contribution is 2.23. The largest absolute Gasteiger partial charge is 0.351 e. The van der Waals surface area contributed by atoms with Gasteiger partial charge in [-0.2, -0.15) is 0 Å². The van der Waals surface area contributed by atoms with Gasteiger partial charge in [-0.1, -0.05) is 12.1 Å². The van der Waals surface area contributed by atoms with Crippen LogP contribution in [0.5, 0.6) is 0 Å². The van der Waals surface area contributed by atoms with Gasteiger partial charge >= 0.3 is 0 Å². The van der Waals surface area contributed by atoms with E-state index in [0.717, 1.165) is 29.8 Å². The van der Waals surface area contributed by atoms with Crippen LogP contribution in [-0.4, -0.2) is 29.1 Å². The average molecular weight is 242 g/mol. The number of para-hydroxylation sites is 2. The predicted octanol–water partition coefficient (Wildman–Crippen LogP) is 1.95. The van der Waals surface area contributed by atoms with E-state index in [9.17, 15) is 0 Å². The van der Waals surface area contributed by atoms with Crippen molar-refractivity contribution in [2.75, 3.05) is 18.0 Å². The monoisotopic (exact) mass is 242 g/mol. The molecule has 2 heterocycles. The zero-order chi connectivity index (χ0) is 12.4. The number of piperidine rings is 1. The van der Waals surface area contributed by atoms with Gasteiger partial charge in [0.2, 0.25) is 0 Å². The smallest absolute Gasteiger partial charge is 0.148 e. The number of nitrogens with two attached hydrogens (primary N) is 1. The first-order valence-corrected chi connectivity index (χ1v) is 6.57. The lowest BCUT2D eigenvalue weighted by Gasteiger charge is -2.35. The second-order valence-corrected chi connectivity index (χ2v) is 4.80. The van der Waals surface area contributed by atoms with E-state index in [0.29, 0.717) is 12.6 Å². The van der Waals surface area contributed by atoms with Gasteiger partial charge in [-0.15, -0.1) is 0 Å². The normalized spacial score (nSPS) is 20.3. The molecule has 0 aliphatic carbocycles. The summed E-state index contributed by atoms with van der Waals surface area (Å²) in [5, 5.41) is 0. The Labute approximate surface area is 107 Å².